The molecule has 0 saturated heterocycles. The molecular weight excluding hydrogens is 543 g/mol. The number of aryl methyl sites for hydroxylation is 1. The number of aliphatic hydroxyl groups excluding tert-OH is 1. The number of carbonyl (C=O) groups excluding carboxylic acids is 2. The molecule has 2 aliphatic rings. The van der Waals surface area contributed by atoms with Crippen molar-refractivity contribution in [3.8, 4) is 17.3 Å². The zero-order valence-electron chi connectivity index (χ0n) is 22.3. The number of aromatic nitrogens is 3. The minimum absolute atomic E-state index is 0.0285. The van der Waals surface area contributed by atoms with Crippen molar-refractivity contribution in [2.75, 3.05) is 26.4 Å². The summed E-state index contributed by atoms with van der Waals surface area (Å²) < 4.78 is 49.2. The highest BCUT2D eigenvalue weighted by atomic mass is 19.4. The van der Waals surface area contributed by atoms with Gasteiger partial charge in [-0.15, -0.1) is 0 Å². The van der Waals surface area contributed by atoms with E-state index in [1.165, 1.54) is 22.9 Å². The summed E-state index contributed by atoms with van der Waals surface area (Å²) in [5.41, 5.74) is 1.29. The molecule has 3 heterocycles. The van der Waals surface area contributed by atoms with Crippen LogP contribution in [-0.4, -0.2) is 70.3 Å². The predicted molar refractivity (Wildman–Crippen MR) is 140 cm³/mol. The third-order valence-electron chi connectivity index (χ3n) is 7.15. The Bertz CT molecular complexity index is 1420. The lowest BCUT2D eigenvalue weighted by Gasteiger charge is -2.23. The van der Waals surface area contributed by atoms with Crippen molar-refractivity contribution in [3.63, 3.8) is 0 Å². The number of nitrogens with zero attached hydrogens (tertiary/aromatic N) is 3. The van der Waals surface area contributed by atoms with Crippen molar-refractivity contribution in [1.29, 1.82) is 0 Å². The average molecular weight is 574 g/mol. The summed E-state index contributed by atoms with van der Waals surface area (Å²) >= 11 is 0. The van der Waals surface area contributed by atoms with Crippen LogP contribution >= 0.6 is 0 Å². The van der Waals surface area contributed by atoms with E-state index >= 15 is 0 Å². The summed E-state index contributed by atoms with van der Waals surface area (Å²) in [6.45, 7) is 0.904. The maximum atomic E-state index is 13.4. The highest BCUT2D eigenvalue weighted by Gasteiger charge is 2.43. The molecule has 218 valence electrons. The number of rotatable bonds is 11. The van der Waals surface area contributed by atoms with E-state index in [1.54, 1.807) is 18.3 Å². The standard InChI is InChI=1S/C28H30F3N5O5/c1-17-5-6-22(32-13-17)36-24(26(39)33-14-27(15-37)8-9-27)23-21(35-36)11-18(34-25(23)38)7-10-40-19-3-2-4-20(12-19)41-16-28(29,30)31/h2-6,12-13,18,37H,7-11,14-16H2,1H3,(H,33,39)(H,34,38). The fourth-order valence-corrected chi connectivity index (χ4v) is 4.58. The topological polar surface area (TPSA) is 128 Å². The summed E-state index contributed by atoms with van der Waals surface area (Å²) in [6, 6.07) is 9.10. The summed E-state index contributed by atoms with van der Waals surface area (Å²) in [5.74, 6) is -0.185. The lowest BCUT2D eigenvalue weighted by Crippen LogP contribution is -2.43. The third-order valence-corrected chi connectivity index (χ3v) is 7.15. The molecule has 2 aromatic heterocycles. The van der Waals surface area contributed by atoms with Gasteiger partial charge in [0.1, 0.15) is 17.2 Å². The van der Waals surface area contributed by atoms with Crippen molar-refractivity contribution < 1.29 is 37.3 Å². The molecule has 0 spiro atoms. The van der Waals surface area contributed by atoms with Crippen LogP contribution in [0.2, 0.25) is 0 Å². The summed E-state index contributed by atoms with van der Waals surface area (Å²) in [6.07, 6.45) is -0.456. The number of hydrogen-bond acceptors (Lipinski definition) is 7. The molecule has 1 aromatic carbocycles. The summed E-state index contributed by atoms with van der Waals surface area (Å²) in [5, 5.41) is 20.0. The molecular formula is C28H30F3N5O5. The minimum Gasteiger partial charge on any atom is -0.493 e. The molecule has 3 aromatic rings. The van der Waals surface area contributed by atoms with Crippen LogP contribution < -0.4 is 20.1 Å². The molecule has 1 aliphatic carbocycles. The van der Waals surface area contributed by atoms with E-state index in [0.717, 1.165) is 18.4 Å². The molecule has 2 amide bonds. The summed E-state index contributed by atoms with van der Waals surface area (Å²) in [4.78, 5) is 31.0. The van der Waals surface area contributed by atoms with Crippen LogP contribution in [-0.2, 0) is 6.42 Å². The van der Waals surface area contributed by atoms with Gasteiger partial charge in [0.05, 0.1) is 24.5 Å². The molecule has 1 fully saturated rings. The molecule has 41 heavy (non-hydrogen) atoms. The first-order valence-corrected chi connectivity index (χ1v) is 13.2. The fraction of sp³-hybridized carbons (Fsp3) is 0.429. The van der Waals surface area contributed by atoms with Crippen LogP contribution in [0.25, 0.3) is 5.82 Å². The molecule has 0 radical (unpaired) electrons. The number of nitrogens with one attached hydrogen (secondary N) is 2. The van der Waals surface area contributed by atoms with Gasteiger partial charge in [0.15, 0.2) is 12.4 Å². The molecule has 1 unspecified atom stereocenters. The molecule has 1 atom stereocenters. The van der Waals surface area contributed by atoms with Crippen LogP contribution in [0.3, 0.4) is 0 Å². The van der Waals surface area contributed by atoms with Gasteiger partial charge < -0.3 is 25.2 Å². The Labute approximate surface area is 233 Å². The maximum Gasteiger partial charge on any atom is 0.422 e. The van der Waals surface area contributed by atoms with Crippen LogP contribution in [0, 0.1) is 12.3 Å². The van der Waals surface area contributed by atoms with Crippen molar-refractivity contribution in [3.05, 3.63) is 65.1 Å². The van der Waals surface area contributed by atoms with Gasteiger partial charge in [-0.1, -0.05) is 12.1 Å². The Balaban J connectivity index is 1.29. The van der Waals surface area contributed by atoms with Gasteiger partial charge in [0, 0.05) is 43.1 Å². The van der Waals surface area contributed by atoms with Gasteiger partial charge >= 0.3 is 6.18 Å². The number of alkyl halides is 3. The average Bonchev–Trinajstić information content (AvgIpc) is 3.62. The zero-order chi connectivity index (χ0) is 29.2. The number of amides is 2. The largest absolute Gasteiger partial charge is 0.493 e. The first-order chi connectivity index (χ1) is 19.6. The Hall–Kier alpha value is -4.13. The van der Waals surface area contributed by atoms with Gasteiger partial charge in [0.25, 0.3) is 11.8 Å². The van der Waals surface area contributed by atoms with Crippen molar-refractivity contribution >= 4 is 11.8 Å². The molecule has 1 aliphatic heterocycles. The second-order valence-electron chi connectivity index (χ2n) is 10.5. The highest BCUT2D eigenvalue weighted by Crippen LogP contribution is 2.44. The van der Waals surface area contributed by atoms with Crippen LogP contribution in [0.15, 0.2) is 42.6 Å². The number of fused-ring (bicyclic) bond motifs is 1. The van der Waals surface area contributed by atoms with E-state index in [-0.39, 0.29) is 48.2 Å². The highest BCUT2D eigenvalue weighted by molar-refractivity contribution is 6.08. The van der Waals surface area contributed by atoms with Crippen LogP contribution in [0.5, 0.6) is 11.5 Å². The zero-order valence-corrected chi connectivity index (χ0v) is 22.3. The van der Waals surface area contributed by atoms with E-state index in [1.807, 2.05) is 13.0 Å². The minimum atomic E-state index is -4.45. The Morgan fingerprint density at radius 2 is 1.98 bits per heavy atom. The first-order valence-electron chi connectivity index (χ1n) is 13.2. The fourth-order valence-electron chi connectivity index (χ4n) is 4.58. The number of benzene rings is 1. The summed E-state index contributed by atoms with van der Waals surface area (Å²) in [7, 11) is 0. The number of hydrogen-bond donors (Lipinski definition) is 3. The molecule has 5 rings (SSSR count). The number of pyridine rings is 1. The van der Waals surface area contributed by atoms with Crippen LogP contribution in [0.1, 0.15) is 51.4 Å². The van der Waals surface area contributed by atoms with Crippen LogP contribution in [0.4, 0.5) is 13.2 Å². The smallest absolute Gasteiger partial charge is 0.422 e. The quantitative estimate of drug-likeness (QED) is 0.322. The lowest BCUT2D eigenvalue weighted by molar-refractivity contribution is -0.153. The molecule has 0 bridgehead atoms. The first kappa shape index (κ1) is 28.4. The number of ether oxygens (including phenoxy) is 2. The van der Waals surface area contributed by atoms with Crippen molar-refractivity contribution in [1.82, 2.24) is 25.4 Å². The molecule has 10 nitrogen and oxygen atoms in total. The van der Waals surface area contributed by atoms with Gasteiger partial charge in [-0.25, -0.2) is 9.67 Å². The Kier molecular flexibility index (Phi) is 7.89. The molecule has 13 heteroatoms. The normalized spacial score (nSPS) is 17.4. The molecule has 3 N–H and O–H groups in total. The second-order valence-corrected chi connectivity index (χ2v) is 10.5. The lowest BCUT2D eigenvalue weighted by atomic mass is 9.98. The maximum absolute atomic E-state index is 13.4. The van der Waals surface area contributed by atoms with E-state index in [2.05, 4.69) is 20.7 Å². The predicted octanol–water partition coefficient (Wildman–Crippen LogP) is 3.14. The molecule has 1 saturated carbocycles. The number of halogens is 3. The Morgan fingerprint density at radius 3 is 2.63 bits per heavy atom. The monoisotopic (exact) mass is 573 g/mol. The number of carbonyl (C=O) groups is 2. The van der Waals surface area contributed by atoms with Gasteiger partial charge in [-0.05, 0) is 43.5 Å². The Morgan fingerprint density at radius 1 is 1.22 bits per heavy atom. The van der Waals surface area contributed by atoms with Gasteiger partial charge in [-0.3, -0.25) is 9.59 Å². The second kappa shape index (κ2) is 11.4. The van der Waals surface area contributed by atoms with E-state index in [4.69, 9.17) is 9.47 Å². The van der Waals surface area contributed by atoms with E-state index in [0.29, 0.717) is 30.1 Å². The van der Waals surface area contributed by atoms with E-state index in [9.17, 15) is 27.9 Å². The van der Waals surface area contributed by atoms with Crippen molar-refractivity contribution in [2.24, 2.45) is 5.41 Å². The number of aliphatic hydroxyl groups is 1. The third kappa shape index (κ3) is 6.79. The van der Waals surface area contributed by atoms with Gasteiger partial charge in [-0.2, -0.15) is 18.3 Å². The SMILES string of the molecule is Cc1ccc(-n2nc3c(c2C(=O)NCC2(CO)CC2)C(=O)NC(CCOc2cccc(OCC(F)(F)F)c2)C3)nc1. The van der Waals surface area contributed by atoms with Gasteiger partial charge in [0.2, 0.25) is 0 Å². The van der Waals surface area contributed by atoms with Crippen molar-refractivity contribution in [2.45, 2.75) is 44.8 Å². The van der Waals surface area contributed by atoms with E-state index < -0.39 is 24.6 Å².